The molecule has 3 rings (SSSR count). The lowest BCUT2D eigenvalue weighted by Crippen LogP contribution is -2.34. The van der Waals surface area contributed by atoms with E-state index in [1.807, 2.05) is 38.1 Å². The van der Waals surface area contributed by atoms with Crippen LogP contribution in [0.15, 0.2) is 35.2 Å². The van der Waals surface area contributed by atoms with Crippen LogP contribution >= 0.6 is 22.6 Å². The van der Waals surface area contributed by atoms with E-state index in [1.54, 1.807) is 13.2 Å². The molecule has 0 saturated carbocycles. The molecule has 1 heterocycles. The molecular formula is C16H16INO3S. The zero-order valence-corrected chi connectivity index (χ0v) is 15.5. The Labute approximate surface area is 144 Å². The van der Waals surface area contributed by atoms with E-state index in [1.165, 1.54) is 4.31 Å². The number of nitrogens with zero attached hydrogens (tertiary/aromatic N) is 1. The van der Waals surface area contributed by atoms with Crippen molar-refractivity contribution in [3.63, 3.8) is 0 Å². The lowest BCUT2D eigenvalue weighted by atomic mass is 10.0. The van der Waals surface area contributed by atoms with Crippen molar-refractivity contribution in [2.24, 2.45) is 0 Å². The van der Waals surface area contributed by atoms with Gasteiger partial charge in [0.05, 0.1) is 21.3 Å². The number of ether oxygens (including phenoxy) is 1. The van der Waals surface area contributed by atoms with E-state index >= 15 is 0 Å². The van der Waals surface area contributed by atoms with E-state index in [0.717, 1.165) is 20.3 Å². The van der Waals surface area contributed by atoms with E-state index in [2.05, 4.69) is 22.6 Å². The molecule has 4 nitrogen and oxygen atoms in total. The molecule has 22 heavy (non-hydrogen) atoms. The molecule has 0 radical (unpaired) electrons. The van der Waals surface area contributed by atoms with Crippen molar-refractivity contribution >= 4 is 38.3 Å². The fraction of sp³-hybridized carbons (Fsp3) is 0.250. The molecule has 0 aromatic heterocycles. The number of aryl methyl sites for hydroxylation is 1. The highest BCUT2D eigenvalue weighted by atomic mass is 127. The van der Waals surface area contributed by atoms with E-state index in [-0.39, 0.29) is 0 Å². The van der Waals surface area contributed by atoms with Gasteiger partial charge in [0.25, 0.3) is 10.0 Å². The van der Waals surface area contributed by atoms with Gasteiger partial charge in [-0.15, -0.1) is 0 Å². The molecule has 0 saturated heterocycles. The van der Waals surface area contributed by atoms with Gasteiger partial charge in [0, 0.05) is 23.7 Å². The van der Waals surface area contributed by atoms with Crippen molar-refractivity contribution in [1.82, 2.24) is 0 Å². The minimum atomic E-state index is -3.53. The highest BCUT2D eigenvalue weighted by Crippen LogP contribution is 2.46. The monoisotopic (exact) mass is 429 g/mol. The first-order valence-electron chi connectivity index (χ1n) is 6.91. The van der Waals surface area contributed by atoms with Gasteiger partial charge >= 0.3 is 0 Å². The van der Waals surface area contributed by atoms with Gasteiger partial charge in [-0.1, -0.05) is 11.6 Å². The van der Waals surface area contributed by atoms with Crippen LogP contribution in [0.3, 0.4) is 0 Å². The van der Waals surface area contributed by atoms with Crippen molar-refractivity contribution in [1.29, 1.82) is 0 Å². The average molecular weight is 429 g/mol. The third kappa shape index (κ3) is 2.20. The number of hydrogen-bond acceptors (Lipinski definition) is 3. The van der Waals surface area contributed by atoms with E-state index < -0.39 is 10.0 Å². The van der Waals surface area contributed by atoms with Crippen LogP contribution in [0.2, 0.25) is 0 Å². The predicted molar refractivity (Wildman–Crippen MR) is 96.1 cm³/mol. The minimum Gasteiger partial charge on any atom is -0.496 e. The molecule has 0 atom stereocenters. The second-order valence-corrected chi connectivity index (χ2v) is 8.17. The van der Waals surface area contributed by atoms with E-state index in [4.69, 9.17) is 4.74 Å². The Bertz CT molecular complexity index is 862. The molecular weight excluding hydrogens is 413 g/mol. The average Bonchev–Trinajstić information content (AvgIpc) is 2.47. The van der Waals surface area contributed by atoms with Crippen LogP contribution in [-0.4, -0.2) is 22.1 Å². The molecule has 2 aromatic rings. The molecule has 0 spiro atoms. The molecule has 0 amide bonds. The largest absolute Gasteiger partial charge is 0.496 e. The van der Waals surface area contributed by atoms with Gasteiger partial charge in [-0.05, 0) is 54.6 Å². The van der Waals surface area contributed by atoms with Crippen molar-refractivity contribution in [2.75, 3.05) is 18.0 Å². The summed E-state index contributed by atoms with van der Waals surface area (Å²) in [6.07, 6.45) is 0. The van der Waals surface area contributed by atoms with Crippen molar-refractivity contribution in [2.45, 2.75) is 18.7 Å². The van der Waals surface area contributed by atoms with Crippen LogP contribution < -0.4 is 9.04 Å². The standard InChI is InChI=1S/C16H16INO3S/c1-4-18-14-9-15(21-3)13(17)8-11(14)12-7-10(2)5-6-16(12)22(18,19)20/h5-9H,4H2,1-3H3. The molecule has 0 aliphatic carbocycles. The van der Waals surface area contributed by atoms with Crippen molar-refractivity contribution < 1.29 is 13.2 Å². The molecule has 116 valence electrons. The third-order valence-electron chi connectivity index (χ3n) is 3.82. The third-order valence-corrected chi connectivity index (χ3v) is 6.61. The predicted octanol–water partition coefficient (Wildman–Crippen LogP) is 3.80. The summed E-state index contributed by atoms with van der Waals surface area (Å²) in [6.45, 7) is 4.19. The van der Waals surface area contributed by atoms with Gasteiger partial charge < -0.3 is 4.74 Å². The van der Waals surface area contributed by atoms with E-state index in [9.17, 15) is 8.42 Å². The first-order chi connectivity index (χ1) is 10.4. The molecule has 6 heteroatoms. The van der Waals surface area contributed by atoms with Crippen LogP contribution in [0, 0.1) is 10.5 Å². The molecule has 0 unspecified atom stereocenters. The maximum atomic E-state index is 12.9. The summed E-state index contributed by atoms with van der Waals surface area (Å²) in [5.41, 5.74) is 3.41. The maximum Gasteiger partial charge on any atom is 0.264 e. The van der Waals surface area contributed by atoms with Crippen LogP contribution in [0.5, 0.6) is 5.75 Å². The fourth-order valence-corrected chi connectivity index (χ4v) is 5.15. The summed E-state index contributed by atoms with van der Waals surface area (Å²) >= 11 is 2.21. The number of hydrogen-bond donors (Lipinski definition) is 0. The van der Waals surface area contributed by atoms with Gasteiger partial charge in [-0.3, -0.25) is 4.31 Å². The lowest BCUT2D eigenvalue weighted by Gasteiger charge is -2.32. The van der Waals surface area contributed by atoms with Crippen LogP contribution in [0.4, 0.5) is 5.69 Å². The van der Waals surface area contributed by atoms with Gasteiger partial charge in [-0.2, -0.15) is 0 Å². The zero-order chi connectivity index (χ0) is 16.1. The highest BCUT2D eigenvalue weighted by Gasteiger charge is 2.34. The highest BCUT2D eigenvalue weighted by molar-refractivity contribution is 14.1. The van der Waals surface area contributed by atoms with Crippen molar-refractivity contribution in [3.05, 3.63) is 39.5 Å². The number of rotatable bonds is 2. The molecule has 2 aromatic carbocycles. The smallest absolute Gasteiger partial charge is 0.264 e. The Morgan fingerprint density at radius 3 is 2.55 bits per heavy atom. The Balaban J connectivity index is 2.42. The lowest BCUT2D eigenvalue weighted by molar-refractivity contribution is 0.412. The number of halogens is 1. The molecule has 1 aliphatic rings. The van der Waals surface area contributed by atoms with Crippen molar-refractivity contribution in [3.8, 4) is 16.9 Å². The fourth-order valence-electron chi connectivity index (χ4n) is 2.79. The first kappa shape index (κ1) is 15.6. The summed E-state index contributed by atoms with van der Waals surface area (Å²) in [5.74, 6) is 0.684. The van der Waals surface area contributed by atoms with Crippen LogP contribution in [0.25, 0.3) is 11.1 Å². The van der Waals surface area contributed by atoms with Crippen LogP contribution in [0.1, 0.15) is 12.5 Å². The summed E-state index contributed by atoms with van der Waals surface area (Å²) in [6, 6.07) is 9.27. The Kier molecular flexibility index (Phi) is 3.84. The molecule has 1 aliphatic heterocycles. The zero-order valence-electron chi connectivity index (χ0n) is 12.6. The normalized spacial score (nSPS) is 15.2. The second-order valence-electron chi connectivity index (χ2n) is 5.17. The Morgan fingerprint density at radius 1 is 1.18 bits per heavy atom. The molecule has 0 fully saturated rings. The number of methoxy groups -OCH3 is 1. The summed E-state index contributed by atoms with van der Waals surface area (Å²) in [5, 5.41) is 0. The first-order valence-corrected chi connectivity index (χ1v) is 9.43. The summed E-state index contributed by atoms with van der Waals surface area (Å²) in [4.78, 5) is 0.369. The Hall–Kier alpha value is -1.28. The van der Waals surface area contributed by atoms with E-state index in [0.29, 0.717) is 22.9 Å². The maximum absolute atomic E-state index is 12.9. The number of anilines is 1. The number of sulfonamides is 1. The quantitative estimate of drug-likeness (QED) is 0.683. The molecule has 0 N–H and O–H groups in total. The number of fused-ring (bicyclic) bond motifs is 3. The minimum absolute atomic E-state index is 0.369. The topological polar surface area (TPSA) is 46.6 Å². The number of benzene rings is 2. The second kappa shape index (κ2) is 5.42. The van der Waals surface area contributed by atoms with Gasteiger partial charge in [0.2, 0.25) is 0 Å². The molecule has 0 bridgehead atoms. The summed E-state index contributed by atoms with van der Waals surface area (Å²) < 4.78 is 33.5. The SMILES string of the molecule is CCN1c2cc(OC)c(I)cc2-c2cc(C)ccc2S1(=O)=O. The van der Waals surface area contributed by atoms with Gasteiger partial charge in [-0.25, -0.2) is 8.42 Å². The Morgan fingerprint density at radius 2 is 1.91 bits per heavy atom. The van der Waals surface area contributed by atoms with Gasteiger partial charge in [0.1, 0.15) is 5.75 Å². The van der Waals surface area contributed by atoms with Crippen LogP contribution in [-0.2, 0) is 10.0 Å². The summed E-state index contributed by atoms with van der Waals surface area (Å²) in [7, 11) is -1.93. The van der Waals surface area contributed by atoms with Gasteiger partial charge in [0.15, 0.2) is 0 Å².